The van der Waals surface area contributed by atoms with E-state index in [-0.39, 0.29) is 0 Å². The van der Waals surface area contributed by atoms with Gasteiger partial charge in [-0.05, 0) is 35.7 Å². The summed E-state index contributed by atoms with van der Waals surface area (Å²) in [4.78, 5) is 0. The van der Waals surface area contributed by atoms with Crippen LogP contribution in [0.3, 0.4) is 0 Å². The van der Waals surface area contributed by atoms with Gasteiger partial charge in [-0.3, -0.25) is 0 Å². The number of nitrogens with two attached hydrogens (primary N) is 1. The summed E-state index contributed by atoms with van der Waals surface area (Å²) in [6.07, 6.45) is 5.23. The van der Waals surface area contributed by atoms with Crippen molar-refractivity contribution in [2.75, 3.05) is 0 Å². The van der Waals surface area contributed by atoms with E-state index in [1.165, 1.54) is 0 Å². The molecule has 2 heterocycles. The summed E-state index contributed by atoms with van der Waals surface area (Å²) < 4.78 is 5.44. The smallest absolute Gasteiger partial charge is 0.134 e. The van der Waals surface area contributed by atoms with E-state index in [0.29, 0.717) is 6.54 Å². The number of benzene rings is 1. The summed E-state index contributed by atoms with van der Waals surface area (Å²) >= 11 is 0. The molecule has 0 spiro atoms. The van der Waals surface area contributed by atoms with E-state index in [9.17, 15) is 0 Å². The molecular weight excluding hydrogens is 226 g/mol. The second-order valence-electron chi connectivity index (χ2n) is 4.26. The largest absolute Gasteiger partial charge is 0.464 e. The fraction of sp³-hybridized carbons (Fsp3) is 0.143. The predicted molar refractivity (Wildman–Crippen MR) is 69.9 cm³/mol. The molecule has 1 aromatic carbocycles. The van der Waals surface area contributed by atoms with E-state index in [1.807, 2.05) is 19.1 Å². The molecule has 0 saturated heterocycles. The van der Waals surface area contributed by atoms with E-state index < -0.39 is 0 Å². The summed E-state index contributed by atoms with van der Waals surface area (Å²) in [7, 11) is 0. The fourth-order valence-electron chi connectivity index (χ4n) is 2.09. The Labute approximate surface area is 104 Å². The maximum Gasteiger partial charge on any atom is 0.134 e. The highest BCUT2D eigenvalue weighted by atomic mass is 16.3. The number of hydrogen-bond acceptors (Lipinski definition) is 4. The number of aromatic nitrogens is 2. The average molecular weight is 239 g/mol. The summed E-state index contributed by atoms with van der Waals surface area (Å²) in [6, 6.07) is 6.09. The highest BCUT2D eigenvalue weighted by Crippen LogP contribution is 2.28. The van der Waals surface area contributed by atoms with E-state index in [0.717, 1.165) is 33.2 Å². The number of furan rings is 1. The number of hydrogen-bond donors (Lipinski definition) is 1. The molecule has 2 N–H and O–H groups in total. The van der Waals surface area contributed by atoms with Crippen LogP contribution in [0.15, 0.2) is 41.3 Å². The Balaban J connectivity index is 2.21. The quantitative estimate of drug-likeness (QED) is 0.746. The van der Waals surface area contributed by atoms with Crippen molar-refractivity contribution < 1.29 is 4.42 Å². The van der Waals surface area contributed by atoms with Gasteiger partial charge in [0.2, 0.25) is 0 Å². The molecule has 0 amide bonds. The zero-order valence-electron chi connectivity index (χ0n) is 10.1. The van der Waals surface area contributed by atoms with Gasteiger partial charge >= 0.3 is 0 Å². The summed E-state index contributed by atoms with van der Waals surface area (Å²) in [5, 5.41) is 8.91. The van der Waals surface area contributed by atoms with Crippen molar-refractivity contribution in [1.82, 2.24) is 10.2 Å². The molecule has 90 valence electrons. The van der Waals surface area contributed by atoms with Gasteiger partial charge in [-0.1, -0.05) is 6.07 Å². The Hall–Kier alpha value is -2.20. The Morgan fingerprint density at radius 1 is 1.22 bits per heavy atom. The van der Waals surface area contributed by atoms with Gasteiger partial charge in [0.05, 0.1) is 18.7 Å². The van der Waals surface area contributed by atoms with E-state index in [4.69, 9.17) is 10.2 Å². The fourth-order valence-corrected chi connectivity index (χ4v) is 2.09. The minimum absolute atomic E-state index is 0.452. The molecule has 3 aromatic rings. The van der Waals surface area contributed by atoms with E-state index in [2.05, 4.69) is 16.3 Å². The van der Waals surface area contributed by atoms with Crippen LogP contribution in [0.5, 0.6) is 0 Å². The van der Waals surface area contributed by atoms with Crippen molar-refractivity contribution >= 4 is 11.0 Å². The summed E-state index contributed by atoms with van der Waals surface area (Å²) in [5.41, 5.74) is 10.8. The first-order valence-corrected chi connectivity index (χ1v) is 5.77. The molecule has 0 atom stereocenters. The van der Waals surface area contributed by atoms with E-state index >= 15 is 0 Å². The lowest BCUT2D eigenvalue weighted by Gasteiger charge is -2.06. The maximum absolute atomic E-state index is 5.72. The second-order valence-corrected chi connectivity index (χ2v) is 4.26. The van der Waals surface area contributed by atoms with Crippen LogP contribution >= 0.6 is 0 Å². The highest BCUT2D eigenvalue weighted by Gasteiger charge is 2.08. The van der Waals surface area contributed by atoms with Crippen molar-refractivity contribution in [3.8, 4) is 11.1 Å². The van der Waals surface area contributed by atoms with Crippen LogP contribution < -0.4 is 5.73 Å². The maximum atomic E-state index is 5.72. The third-order valence-electron chi connectivity index (χ3n) is 3.11. The van der Waals surface area contributed by atoms with Gasteiger partial charge < -0.3 is 10.2 Å². The lowest BCUT2D eigenvalue weighted by Crippen LogP contribution is -2.00. The standard InChI is InChI=1S/C14H13N3O/c1-9-8-18-14-3-2-10(4-12(9)14)13-7-17-16-6-11(13)5-15/h2-4,6-8H,5,15H2,1H3. The third kappa shape index (κ3) is 1.67. The van der Waals surface area contributed by atoms with Crippen LogP contribution in [0.25, 0.3) is 22.1 Å². The first-order chi connectivity index (χ1) is 8.79. The third-order valence-corrected chi connectivity index (χ3v) is 3.11. The Kier molecular flexibility index (Phi) is 2.57. The molecule has 2 aromatic heterocycles. The van der Waals surface area contributed by atoms with Crippen LogP contribution in [0.1, 0.15) is 11.1 Å². The first-order valence-electron chi connectivity index (χ1n) is 5.77. The highest BCUT2D eigenvalue weighted by molar-refractivity contribution is 5.86. The molecule has 18 heavy (non-hydrogen) atoms. The molecule has 0 aliphatic rings. The van der Waals surface area contributed by atoms with Crippen molar-refractivity contribution in [2.45, 2.75) is 13.5 Å². The second kappa shape index (κ2) is 4.23. The summed E-state index contributed by atoms with van der Waals surface area (Å²) in [6.45, 7) is 2.48. The van der Waals surface area contributed by atoms with Crippen LogP contribution in [0, 0.1) is 6.92 Å². The van der Waals surface area contributed by atoms with Crippen LogP contribution in [-0.4, -0.2) is 10.2 Å². The monoisotopic (exact) mass is 239 g/mol. The minimum atomic E-state index is 0.452. The number of rotatable bonds is 2. The molecule has 0 saturated carbocycles. The average Bonchev–Trinajstić information content (AvgIpc) is 2.80. The Morgan fingerprint density at radius 3 is 2.89 bits per heavy atom. The van der Waals surface area contributed by atoms with Crippen LogP contribution in [0.2, 0.25) is 0 Å². The molecule has 3 rings (SSSR count). The van der Waals surface area contributed by atoms with Crippen molar-refractivity contribution in [3.63, 3.8) is 0 Å². The van der Waals surface area contributed by atoms with Gasteiger partial charge in [-0.15, -0.1) is 0 Å². The van der Waals surface area contributed by atoms with Gasteiger partial charge in [0, 0.05) is 17.5 Å². The van der Waals surface area contributed by atoms with E-state index in [1.54, 1.807) is 18.7 Å². The number of aryl methyl sites for hydroxylation is 1. The topological polar surface area (TPSA) is 64.9 Å². The molecule has 4 heteroatoms. The first kappa shape index (κ1) is 10.9. The molecule has 0 unspecified atom stereocenters. The molecule has 0 aliphatic heterocycles. The lowest BCUT2D eigenvalue weighted by atomic mass is 10.0. The number of fused-ring (bicyclic) bond motifs is 1. The zero-order valence-corrected chi connectivity index (χ0v) is 10.1. The van der Waals surface area contributed by atoms with Gasteiger partial charge in [0.1, 0.15) is 5.58 Å². The van der Waals surface area contributed by atoms with Crippen LogP contribution in [-0.2, 0) is 6.54 Å². The van der Waals surface area contributed by atoms with Gasteiger partial charge in [0.15, 0.2) is 0 Å². The van der Waals surface area contributed by atoms with Crippen LogP contribution in [0.4, 0.5) is 0 Å². The SMILES string of the molecule is Cc1coc2ccc(-c3cnncc3CN)cc12. The molecule has 0 radical (unpaired) electrons. The molecule has 0 aliphatic carbocycles. The summed E-state index contributed by atoms with van der Waals surface area (Å²) in [5.74, 6) is 0. The zero-order chi connectivity index (χ0) is 12.5. The predicted octanol–water partition coefficient (Wildman–Crippen LogP) is 2.66. The van der Waals surface area contributed by atoms with Crippen molar-refractivity contribution in [1.29, 1.82) is 0 Å². The van der Waals surface area contributed by atoms with Crippen molar-refractivity contribution in [2.24, 2.45) is 5.73 Å². The number of nitrogens with zero attached hydrogens (tertiary/aromatic N) is 2. The van der Waals surface area contributed by atoms with Crippen molar-refractivity contribution in [3.05, 3.63) is 48.0 Å². The molecule has 4 nitrogen and oxygen atoms in total. The van der Waals surface area contributed by atoms with Gasteiger partial charge in [-0.25, -0.2) is 0 Å². The van der Waals surface area contributed by atoms with Gasteiger partial charge in [0.25, 0.3) is 0 Å². The molecule has 0 bridgehead atoms. The normalized spacial score (nSPS) is 11.0. The molecular formula is C14H13N3O. The lowest BCUT2D eigenvalue weighted by molar-refractivity contribution is 0.613. The Bertz CT molecular complexity index is 703. The Morgan fingerprint density at radius 2 is 2.06 bits per heavy atom. The molecule has 0 fully saturated rings. The van der Waals surface area contributed by atoms with Gasteiger partial charge in [-0.2, -0.15) is 10.2 Å². The minimum Gasteiger partial charge on any atom is -0.464 e.